The van der Waals surface area contributed by atoms with E-state index in [4.69, 9.17) is 4.84 Å². The molecule has 0 atom stereocenters. The van der Waals surface area contributed by atoms with E-state index < -0.39 is 0 Å². The lowest BCUT2D eigenvalue weighted by Crippen LogP contribution is -2.26. The monoisotopic (exact) mass is 264 g/mol. The molecule has 1 heterocycles. The fourth-order valence-corrected chi connectivity index (χ4v) is 1.87. The van der Waals surface area contributed by atoms with Gasteiger partial charge in [-0.25, -0.2) is 0 Å². The van der Waals surface area contributed by atoms with Crippen molar-refractivity contribution >= 4 is 16.8 Å². The molecule has 20 heavy (non-hydrogen) atoms. The molecule has 0 aliphatic heterocycles. The molecular weight excluding hydrogens is 252 g/mol. The van der Waals surface area contributed by atoms with Crippen LogP contribution in [0, 0.1) is 0 Å². The Hall–Kier alpha value is -2.88. The van der Waals surface area contributed by atoms with E-state index in [-0.39, 0.29) is 5.91 Å². The Balaban J connectivity index is 1.75. The molecule has 0 unspecified atom stereocenters. The van der Waals surface area contributed by atoms with Crippen molar-refractivity contribution in [3.63, 3.8) is 0 Å². The van der Waals surface area contributed by atoms with Gasteiger partial charge in [0.25, 0.3) is 5.91 Å². The number of pyridine rings is 1. The average molecular weight is 264 g/mol. The number of benzene rings is 2. The summed E-state index contributed by atoms with van der Waals surface area (Å²) in [6.45, 7) is 0. The zero-order chi connectivity index (χ0) is 13.8. The number of rotatable bonds is 3. The zero-order valence-corrected chi connectivity index (χ0v) is 10.6. The molecule has 0 aliphatic rings. The van der Waals surface area contributed by atoms with Crippen molar-refractivity contribution in [1.82, 2.24) is 10.5 Å². The van der Waals surface area contributed by atoms with Crippen LogP contribution in [0.4, 0.5) is 0 Å². The number of para-hydroxylation sites is 1. The van der Waals surface area contributed by atoms with Gasteiger partial charge in [-0.15, -0.1) is 0 Å². The lowest BCUT2D eigenvalue weighted by atomic mass is 10.1. The standard InChI is InChI=1S/C16H12N2O2/c19-16(18-20-14-6-2-1-3-7-14)13-8-9-15-12(11-13)5-4-10-17-15/h1-11H,(H,18,19). The highest BCUT2D eigenvalue weighted by atomic mass is 16.7. The van der Waals surface area contributed by atoms with E-state index in [0.29, 0.717) is 11.3 Å². The number of nitrogens with zero attached hydrogens (tertiary/aromatic N) is 1. The maximum atomic E-state index is 12.0. The highest BCUT2D eigenvalue weighted by Gasteiger charge is 2.07. The van der Waals surface area contributed by atoms with Crippen molar-refractivity contribution in [1.29, 1.82) is 0 Å². The highest BCUT2D eigenvalue weighted by Crippen LogP contribution is 2.13. The van der Waals surface area contributed by atoms with Crippen LogP contribution in [-0.4, -0.2) is 10.9 Å². The number of hydrogen-bond acceptors (Lipinski definition) is 3. The molecule has 1 amide bonds. The van der Waals surface area contributed by atoms with Crippen molar-refractivity contribution in [2.45, 2.75) is 0 Å². The second-order valence-corrected chi connectivity index (χ2v) is 4.26. The first-order valence-electron chi connectivity index (χ1n) is 6.20. The van der Waals surface area contributed by atoms with Crippen LogP contribution >= 0.6 is 0 Å². The van der Waals surface area contributed by atoms with E-state index in [9.17, 15) is 4.79 Å². The number of aromatic nitrogens is 1. The quantitative estimate of drug-likeness (QED) is 0.740. The largest absolute Gasteiger partial charge is 0.379 e. The fraction of sp³-hybridized carbons (Fsp3) is 0. The Morgan fingerprint density at radius 1 is 1.00 bits per heavy atom. The Morgan fingerprint density at radius 3 is 2.70 bits per heavy atom. The van der Waals surface area contributed by atoms with Gasteiger partial charge in [-0.05, 0) is 36.4 Å². The van der Waals surface area contributed by atoms with Crippen LogP contribution in [0.15, 0.2) is 66.9 Å². The third-order valence-corrected chi connectivity index (χ3v) is 2.87. The molecule has 0 spiro atoms. The summed E-state index contributed by atoms with van der Waals surface area (Å²) in [5, 5.41) is 0.917. The normalized spacial score (nSPS) is 10.2. The number of fused-ring (bicyclic) bond motifs is 1. The Bertz CT molecular complexity index is 742. The van der Waals surface area contributed by atoms with Crippen LogP contribution < -0.4 is 10.3 Å². The van der Waals surface area contributed by atoms with Gasteiger partial charge in [0, 0.05) is 17.1 Å². The summed E-state index contributed by atoms with van der Waals surface area (Å²) >= 11 is 0. The number of hydrogen-bond donors (Lipinski definition) is 1. The molecule has 1 N–H and O–H groups in total. The van der Waals surface area contributed by atoms with Crippen molar-refractivity contribution < 1.29 is 9.63 Å². The average Bonchev–Trinajstić information content (AvgIpc) is 2.53. The van der Waals surface area contributed by atoms with E-state index in [1.165, 1.54) is 0 Å². The maximum Gasteiger partial charge on any atom is 0.283 e. The molecule has 0 aliphatic carbocycles. The molecule has 0 bridgehead atoms. The molecule has 1 aromatic heterocycles. The summed E-state index contributed by atoms with van der Waals surface area (Å²) in [7, 11) is 0. The smallest absolute Gasteiger partial charge is 0.283 e. The molecule has 0 radical (unpaired) electrons. The van der Waals surface area contributed by atoms with Gasteiger partial charge in [0.2, 0.25) is 0 Å². The molecule has 0 saturated carbocycles. The van der Waals surface area contributed by atoms with E-state index >= 15 is 0 Å². The summed E-state index contributed by atoms with van der Waals surface area (Å²) in [4.78, 5) is 21.4. The molecule has 98 valence electrons. The summed E-state index contributed by atoms with van der Waals surface area (Å²) in [6, 6.07) is 18.2. The first-order valence-corrected chi connectivity index (χ1v) is 6.20. The minimum atomic E-state index is -0.292. The third-order valence-electron chi connectivity index (χ3n) is 2.87. The minimum absolute atomic E-state index is 0.292. The second kappa shape index (κ2) is 5.40. The van der Waals surface area contributed by atoms with Crippen LogP contribution in [0.3, 0.4) is 0 Å². The van der Waals surface area contributed by atoms with Crippen molar-refractivity contribution in [3.05, 3.63) is 72.4 Å². The number of amides is 1. The van der Waals surface area contributed by atoms with Crippen molar-refractivity contribution in [2.75, 3.05) is 0 Å². The lowest BCUT2D eigenvalue weighted by Gasteiger charge is -2.07. The molecule has 4 heteroatoms. The predicted molar refractivity (Wildman–Crippen MR) is 76.3 cm³/mol. The fourth-order valence-electron chi connectivity index (χ4n) is 1.87. The predicted octanol–water partition coefficient (Wildman–Crippen LogP) is 2.96. The van der Waals surface area contributed by atoms with Gasteiger partial charge in [0.15, 0.2) is 5.75 Å². The van der Waals surface area contributed by atoms with Gasteiger partial charge >= 0.3 is 0 Å². The molecule has 0 saturated heterocycles. The van der Waals surface area contributed by atoms with Crippen LogP contribution in [0.1, 0.15) is 10.4 Å². The number of hydroxylamine groups is 1. The second-order valence-electron chi connectivity index (χ2n) is 4.26. The summed E-state index contributed by atoms with van der Waals surface area (Å²) in [6.07, 6.45) is 1.72. The first-order chi connectivity index (χ1) is 9.83. The third kappa shape index (κ3) is 2.59. The summed E-state index contributed by atoms with van der Waals surface area (Å²) < 4.78 is 0. The van der Waals surface area contributed by atoms with Gasteiger partial charge < -0.3 is 4.84 Å². The van der Waals surface area contributed by atoms with Crippen molar-refractivity contribution in [2.24, 2.45) is 0 Å². The lowest BCUT2D eigenvalue weighted by molar-refractivity contribution is 0.0760. The molecular formula is C16H12N2O2. The minimum Gasteiger partial charge on any atom is -0.379 e. The van der Waals surface area contributed by atoms with Gasteiger partial charge in [0.05, 0.1) is 5.52 Å². The first kappa shape index (κ1) is 12.2. The van der Waals surface area contributed by atoms with E-state index in [0.717, 1.165) is 10.9 Å². The Labute approximate surface area is 116 Å². The highest BCUT2D eigenvalue weighted by molar-refractivity contribution is 5.97. The van der Waals surface area contributed by atoms with Gasteiger partial charge in [-0.3, -0.25) is 9.78 Å². The number of carbonyl (C=O) groups excluding carboxylic acids is 1. The number of carbonyl (C=O) groups is 1. The van der Waals surface area contributed by atoms with Crippen LogP contribution in [0.25, 0.3) is 10.9 Å². The van der Waals surface area contributed by atoms with E-state index in [1.54, 1.807) is 30.5 Å². The molecule has 0 fully saturated rings. The van der Waals surface area contributed by atoms with E-state index in [1.807, 2.05) is 36.4 Å². The number of nitrogens with one attached hydrogen (secondary N) is 1. The van der Waals surface area contributed by atoms with E-state index in [2.05, 4.69) is 10.5 Å². The van der Waals surface area contributed by atoms with Crippen LogP contribution in [0.5, 0.6) is 5.75 Å². The van der Waals surface area contributed by atoms with Crippen LogP contribution in [-0.2, 0) is 0 Å². The summed E-state index contributed by atoms with van der Waals surface area (Å²) in [5.74, 6) is 0.294. The molecule has 4 nitrogen and oxygen atoms in total. The maximum absolute atomic E-state index is 12.0. The van der Waals surface area contributed by atoms with Crippen LogP contribution in [0.2, 0.25) is 0 Å². The molecule has 2 aromatic carbocycles. The van der Waals surface area contributed by atoms with Gasteiger partial charge in [0.1, 0.15) is 0 Å². The SMILES string of the molecule is O=C(NOc1ccccc1)c1ccc2ncccc2c1. The Morgan fingerprint density at radius 2 is 1.85 bits per heavy atom. The molecule has 3 aromatic rings. The van der Waals surface area contributed by atoms with Gasteiger partial charge in [-0.1, -0.05) is 24.3 Å². The molecule has 3 rings (SSSR count). The van der Waals surface area contributed by atoms with Crippen molar-refractivity contribution in [3.8, 4) is 5.75 Å². The topological polar surface area (TPSA) is 51.2 Å². The zero-order valence-electron chi connectivity index (χ0n) is 10.6. The Kier molecular flexibility index (Phi) is 3.29. The summed E-state index contributed by atoms with van der Waals surface area (Å²) in [5.41, 5.74) is 3.80. The van der Waals surface area contributed by atoms with Gasteiger partial charge in [-0.2, -0.15) is 5.48 Å².